The van der Waals surface area contributed by atoms with Crippen LogP contribution in [0.3, 0.4) is 0 Å². The summed E-state index contributed by atoms with van der Waals surface area (Å²) in [5.41, 5.74) is 1.71. The molecule has 1 aromatic carbocycles. The molecular weight excluding hydrogens is 284 g/mol. The van der Waals surface area contributed by atoms with Crippen molar-refractivity contribution in [3.8, 4) is 0 Å². The highest BCUT2D eigenvalue weighted by atomic mass is 35.5. The first-order chi connectivity index (χ1) is 8.95. The summed E-state index contributed by atoms with van der Waals surface area (Å²) in [5.74, 6) is 0.699. The van der Waals surface area contributed by atoms with Crippen LogP contribution in [0.5, 0.6) is 0 Å². The molecule has 3 nitrogen and oxygen atoms in total. The number of aryl methyl sites for hydroxylation is 2. The van der Waals surface area contributed by atoms with Crippen molar-refractivity contribution in [1.29, 1.82) is 0 Å². The monoisotopic (exact) mass is 304 g/mol. The van der Waals surface area contributed by atoms with E-state index in [0.29, 0.717) is 17.9 Å². The molecule has 0 aliphatic carbocycles. The average molecular weight is 305 g/mol. The highest BCUT2D eigenvalue weighted by Gasteiger charge is 2.14. The predicted octanol–water partition coefficient (Wildman–Crippen LogP) is 3.97. The second-order valence-corrected chi connectivity index (χ2v) is 6.56. The summed E-state index contributed by atoms with van der Waals surface area (Å²) in [4.78, 5) is 0.0406. The maximum absolute atomic E-state index is 11.3. The van der Waals surface area contributed by atoms with E-state index in [2.05, 4.69) is 0 Å². The highest BCUT2D eigenvalue weighted by Crippen LogP contribution is 2.20. The molecule has 0 aliphatic heterocycles. The largest absolute Gasteiger partial charge is 0.294 e. The van der Waals surface area contributed by atoms with Gasteiger partial charge in [-0.05, 0) is 37.8 Å². The van der Waals surface area contributed by atoms with Crippen molar-refractivity contribution in [3.05, 3.63) is 29.3 Å². The number of halogens is 1. The van der Waals surface area contributed by atoms with Crippen LogP contribution in [0.15, 0.2) is 23.1 Å². The van der Waals surface area contributed by atoms with E-state index in [1.165, 1.54) is 6.07 Å². The Hall–Kier alpha value is -0.580. The maximum atomic E-state index is 11.3. The molecule has 1 N–H and O–H groups in total. The van der Waals surface area contributed by atoms with Gasteiger partial charge in [0.25, 0.3) is 10.1 Å². The molecule has 5 heteroatoms. The van der Waals surface area contributed by atoms with E-state index >= 15 is 0 Å². The predicted molar refractivity (Wildman–Crippen MR) is 78.5 cm³/mol. The Bertz CT molecular complexity index is 497. The molecule has 0 spiro atoms. The number of rotatable bonds is 8. The lowest BCUT2D eigenvalue weighted by molar-refractivity contribution is 0.481. The zero-order chi connectivity index (χ0) is 14.3. The van der Waals surface area contributed by atoms with Crippen molar-refractivity contribution in [1.82, 2.24) is 0 Å². The van der Waals surface area contributed by atoms with E-state index in [1.807, 2.05) is 13.0 Å². The highest BCUT2D eigenvalue weighted by molar-refractivity contribution is 7.85. The third kappa shape index (κ3) is 5.93. The lowest BCUT2D eigenvalue weighted by Gasteiger charge is -2.08. The van der Waals surface area contributed by atoms with Gasteiger partial charge in [-0.15, -0.1) is 11.6 Å². The van der Waals surface area contributed by atoms with Crippen LogP contribution in [0.4, 0.5) is 0 Å². The Balaban J connectivity index is 2.60. The van der Waals surface area contributed by atoms with Gasteiger partial charge in [0.15, 0.2) is 0 Å². The Morgan fingerprint density at radius 2 is 1.74 bits per heavy atom. The van der Waals surface area contributed by atoms with Crippen LogP contribution in [0.2, 0.25) is 0 Å². The van der Waals surface area contributed by atoms with Crippen molar-refractivity contribution in [2.75, 3.05) is 5.88 Å². The molecule has 0 radical (unpaired) electrons. The van der Waals surface area contributed by atoms with Crippen molar-refractivity contribution in [3.63, 3.8) is 0 Å². The molecule has 0 atom stereocenters. The molecule has 0 unspecified atom stereocenters. The summed E-state index contributed by atoms with van der Waals surface area (Å²) in [6, 6.07) is 5.02. The van der Waals surface area contributed by atoms with Crippen LogP contribution in [-0.4, -0.2) is 18.9 Å². The lowest BCUT2D eigenvalue weighted by Crippen LogP contribution is -2.03. The molecule has 0 heterocycles. The first-order valence-corrected chi connectivity index (χ1v) is 8.55. The van der Waals surface area contributed by atoms with E-state index in [1.54, 1.807) is 6.07 Å². The van der Waals surface area contributed by atoms with Gasteiger partial charge in [0.2, 0.25) is 0 Å². The lowest BCUT2D eigenvalue weighted by atomic mass is 10.0. The quantitative estimate of drug-likeness (QED) is 0.449. The van der Waals surface area contributed by atoms with Gasteiger partial charge in [0.1, 0.15) is 0 Å². The van der Waals surface area contributed by atoms with Gasteiger partial charge < -0.3 is 0 Å². The summed E-state index contributed by atoms with van der Waals surface area (Å²) in [5, 5.41) is 0. The van der Waals surface area contributed by atoms with Gasteiger partial charge in [-0.1, -0.05) is 37.0 Å². The maximum Gasteiger partial charge on any atom is 0.294 e. The second-order valence-electron chi connectivity index (χ2n) is 4.79. The summed E-state index contributed by atoms with van der Waals surface area (Å²) in [6.07, 6.45) is 5.91. The van der Waals surface area contributed by atoms with Crippen LogP contribution in [0.1, 0.15) is 43.2 Å². The van der Waals surface area contributed by atoms with E-state index in [-0.39, 0.29) is 4.90 Å². The number of hydrogen-bond donors (Lipinski definition) is 1. The van der Waals surface area contributed by atoms with E-state index in [0.717, 1.165) is 37.7 Å². The van der Waals surface area contributed by atoms with E-state index in [4.69, 9.17) is 11.6 Å². The molecule has 1 rings (SSSR count). The standard InChI is InChI=1S/C14H21ClO3S/c1-12-8-9-14(19(16,17)18)13(11-12)7-5-3-2-4-6-10-15/h8-9,11H,2-7,10H2,1H3,(H,16,17,18). The average Bonchev–Trinajstić information content (AvgIpc) is 2.32. The van der Waals surface area contributed by atoms with Gasteiger partial charge in [0.05, 0.1) is 4.90 Å². The third-order valence-electron chi connectivity index (χ3n) is 3.07. The van der Waals surface area contributed by atoms with Crippen LogP contribution in [0.25, 0.3) is 0 Å². The minimum absolute atomic E-state index is 0.0406. The number of hydrogen-bond acceptors (Lipinski definition) is 2. The Kier molecular flexibility index (Phi) is 6.83. The summed E-state index contributed by atoms with van der Waals surface area (Å²) >= 11 is 5.60. The first kappa shape index (κ1) is 16.5. The molecule has 0 amide bonds. The molecule has 0 aliphatic rings. The summed E-state index contributed by atoms with van der Waals surface area (Å²) < 4.78 is 31.8. The zero-order valence-electron chi connectivity index (χ0n) is 11.2. The zero-order valence-corrected chi connectivity index (χ0v) is 12.8. The van der Waals surface area contributed by atoms with E-state index < -0.39 is 10.1 Å². The fraction of sp³-hybridized carbons (Fsp3) is 0.571. The molecule has 0 fully saturated rings. The third-order valence-corrected chi connectivity index (χ3v) is 4.29. The van der Waals surface area contributed by atoms with Gasteiger partial charge in [-0.3, -0.25) is 4.55 Å². The van der Waals surface area contributed by atoms with Crippen molar-refractivity contribution in [2.45, 2.75) is 50.3 Å². The molecule has 108 valence electrons. The van der Waals surface area contributed by atoms with Crippen molar-refractivity contribution < 1.29 is 13.0 Å². The molecule has 0 saturated heterocycles. The Morgan fingerprint density at radius 3 is 2.37 bits per heavy atom. The topological polar surface area (TPSA) is 54.4 Å². The van der Waals surface area contributed by atoms with E-state index in [9.17, 15) is 13.0 Å². The molecule has 19 heavy (non-hydrogen) atoms. The molecule has 1 aromatic rings. The second kappa shape index (κ2) is 7.88. The smallest absolute Gasteiger partial charge is 0.282 e. The van der Waals surface area contributed by atoms with Gasteiger partial charge in [-0.25, -0.2) is 0 Å². The molecular formula is C14H21ClO3S. The fourth-order valence-corrected chi connectivity index (χ4v) is 3.02. The first-order valence-electron chi connectivity index (χ1n) is 6.58. The Morgan fingerprint density at radius 1 is 1.11 bits per heavy atom. The SMILES string of the molecule is Cc1ccc(S(=O)(=O)O)c(CCCCCCCCl)c1. The Labute approximate surface area is 120 Å². The molecule has 0 aromatic heterocycles. The van der Waals surface area contributed by atoms with Gasteiger partial charge >= 0.3 is 0 Å². The summed E-state index contributed by atoms with van der Waals surface area (Å²) in [6.45, 7) is 1.91. The summed E-state index contributed by atoms with van der Waals surface area (Å²) in [7, 11) is -4.12. The van der Waals surface area contributed by atoms with Crippen molar-refractivity contribution in [2.24, 2.45) is 0 Å². The van der Waals surface area contributed by atoms with Crippen LogP contribution in [0, 0.1) is 6.92 Å². The minimum Gasteiger partial charge on any atom is -0.282 e. The van der Waals surface area contributed by atoms with Crippen LogP contribution in [-0.2, 0) is 16.5 Å². The molecule has 0 bridgehead atoms. The fourth-order valence-electron chi connectivity index (χ4n) is 2.10. The minimum atomic E-state index is -4.12. The number of unbranched alkanes of at least 4 members (excludes halogenated alkanes) is 4. The normalized spacial score (nSPS) is 11.7. The van der Waals surface area contributed by atoms with Crippen LogP contribution < -0.4 is 0 Å². The van der Waals surface area contributed by atoms with Gasteiger partial charge in [0, 0.05) is 5.88 Å². The number of alkyl halides is 1. The number of benzene rings is 1. The van der Waals surface area contributed by atoms with Crippen molar-refractivity contribution >= 4 is 21.7 Å². The van der Waals surface area contributed by atoms with Gasteiger partial charge in [-0.2, -0.15) is 8.42 Å². The molecule has 0 saturated carbocycles. The van der Waals surface area contributed by atoms with Crippen LogP contribution >= 0.6 is 11.6 Å².